The van der Waals surface area contributed by atoms with E-state index in [1.54, 1.807) is 0 Å². The van der Waals surface area contributed by atoms with Crippen LogP contribution in [0.1, 0.15) is 17.8 Å². The Morgan fingerprint density at radius 2 is 1.93 bits per heavy atom. The zero-order valence-corrected chi connectivity index (χ0v) is 16.3. The van der Waals surface area contributed by atoms with Crippen molar-refractivity contribution in [2.75, 3.05) is 17.2 Å². The summed E-state index contributed by atoms with van der Waals surface area (Å²) in [5, 5.41) is 16.2. The van der Waals surface area contributed by atoms with E-state index in [0.29, 0.717) is 16.7 Å². The maximum Gasteiger partial charge on any atom is 0.237 e. The molecule has 0 saturated heterocycles. The Hall–Kier alpha value is -3.44. The molecule has 0 aliphatic carbocycles. The molecule has 2 aromatic carbocycles. The van der Waals surface area contributed by atoms with Crippen LogP contribution in [-0.4, -0.2) is 33.4 Å². The molecule has 0 saturated carbocycles. The summed E-state index contributed by atoms with van der Waals surface area (Å²) in [4.78, 5) is 18.5. The minimum Gasteiger partial charge on any atom is -0.311 e. The van der Waals surface area contributed by atoms with Gasteiger partial charge in [0.2, 0.25) is 11.1 Å². The molecule has 1 aromatic heterocycles. The van der Waals surface area contributed by atoms with Gasteiger partial charge in [-0.05, 0) is 35.9 Å². The molecule has 0 unspecified atom stereocenters. The van der Waals surface area contributed by atoms with E-state index < -0.39 is 0 Å². The van der Waals surface area contributed by atoms with Crippen LogP contribution in [0.3, 0.4) is 0 Å². The molecule has 0 atom stereocenters. The number of aromatic amines is 1. The van der Waals surface area contributed by atoms with Gasteiger partial charge < -0.3 is 4.90 Å². The van der Waals surface area contributed by atoms with Crippen LogP contribution in [0.2, 0.25) is 0 Å². The van der Waals surface area contributed by atoms with E-state index in [2.05, 4.69) is 15.2 Å². The van der Waals surface area contributed by atoms with Crippen molar-refractivity contribution in [1.29, 1.82) is 5.26 Å². The number of amides is 1. The molecule has 6 nitrogen and oxygen atoms in total. The lowest BCUT2D eigenvalue weighted by Gasteiger charge is -2.21. The van der Waals surface area contributed by atoms with E-state index >= 15 is 0 Å². The molecule has 146 valence electrons. The Balaban J connectivity index is 1.61. The molecule has 0 fully saturated rings. The lowest BCUT2D eigenvalue weighted by atomic mass is 10.2. The second-order valence-corrected chi connectivity index (χ2v) is 6.91. The first-order valence-electron chi connectivity index (χ1n) is 8.87. The third kappa shape index (κ3) is 6.02. The van der Waals surface area contributed by atoms with Crippen molar-refractivity contribution in [2.24, 2.45) is 0 Å². The van der Waals surface area contributed by atoms with Gasteiger partial charge in [0.05, 0.1) is 18.2 Å². The summed E-state index contributed by atoms with van der Waals surface area (Å²) < 4.78 is 13.2. The fourth-order valence-electron chi connectivity index (χ4n) is 2.52. The molecule has 0 aliphatic heterocycles. The number of anilines is 1. The lowest BCUT2D eigenvalue weighted by molar-refractivity contribution is -0.116. The third-order valence-corrected chi connectivity index (χ3v) is 4.76. The first-order chi connectivity index (χ1) is 14.2. The predicted molar refractivity (Wildman–Crippen MR) is 111 cm³/mol. The maximum absolute atomic E-state index is 13.2. The van der Waals surface area contributed by atoms with E-state index in [1.165, 1.54) is 40.9 Å². The number of benzene rings is 2. The van der Waals surface area contributed by atoms with Gasteiger partial charge in [0.15, 0.2) is 0 Å². The molecule has 3 aromatic rings. The Morgan fingerprint density at radius 1 is 1.17 bits per heavy atom. The normalized spacial score (nSPS) is 10.8. The highest BCUT2D eigenvalue weighted by atomic mass is 32.2. The molecule has 0 bridgehead atoms. The minimum absolute atomic E-state index is 0.0997. The van der Waals surface area contributed by atoms with E-state index in [-0.39, 0.29) is 30.4 Å². The van der Waals surface area contributed by atoms with Crippen molar-refractivity contribution in [1.82, 2.24) is 15.2 Å². The van der Waals surface area contributed by atoms with Gasteiger partial charge in [-0.3, -0.25) is 9.89 Å². The van der Waals surface area contributed by atoms with E-state index in [1.807, 2.05) is 48.6 Å². The summed E-state index contributed by atoms with van der Waals surface area (Å²) in [5.74, 6) is 0.0991. The molecule has 0 radical (unpaired) electrons. The largest absolute Gasteiger partial charge is 0.311 e. The summed E-state index contributed by atoms with van der Waals surface area (Å²) in [6.45, 7) is 0.237. The Labute approximate surface area is 172 Å². The van der Waals surface area contributed by atoms with Crippen LogP contribution >= 0.6 is 11.8 Å². The molecular weight excluding hydrogens is 389 g/mol. The number of halogens is 1. The molecular formula is C21H18FN5OS. The fourth-order valence-corrected chi connectivity index (χ4v) is 3.20. The number of rotatable bonds is 8. The van der Waals surface area contributed by atoms with Crippen molar-refractivity contribution in [2.45, 2.75) is 11.6 Å². The number of H-pyrrole nitrogens is 1. The zero-order valence-electron chi connectivity index (χ0n) is 15.5. The first-order valence-corrected chi connectivity index (χ1v) is 9.85. The van der Waals surface area contributed by atoms with Crippen LogP contribution in [0, 0.1) is 17.1 Å². The summed E-state index contributed by atoms with van der Waals surface area (Å²) in [6, 6.07) is 17.5. The molecule has 0 spiro atoms. The van der Waals surface area contributed by atoms with E-state index in [9.17, 15) is 9.18 Å². The molecule has 1 heterocycles. The average molecular weight is 407 g/mol. The zero-order chi connectivity index (χ0) is 20.5. The minimum atomic E-state index is -0.382. The number of nitrogens with zero attached hydrogens (tertiary/aromatic N) is 4. The van der Waals surface area contributed by atoms with Crippen molar-refractivity contribution in [3.63, 3.8) is 0 Å². The summed E-state index contributed by atoms with van der Waals surface area (Å²) >= 11 is 1.20. The van der Waals surface area contributed by atoms with Crippen LogP contribution in [0.15, 0.2) is 59.8 Å². The Kier molecular flexibility index (Phi) is 7.14. The van der Waals surface area contributed by atoms with Crippen LogP contribution in [0.25, 0.3) is 12.2 Å². The second-order valence-electron chi connectivity index (χ2n) is 5.97. The van der Waals surface area contributed by atoms with E-state index in [4.69, 9.17) is 5.26 Å². The van der Waals surface area contributed by atoms with Crippen LogP contribution in [0.4, 0.5) is 10.1 Å². The quantitative estimate of drug-likeness (QED) is 0.567. The van der Waals surface area contributed by atoms with Crippen molar-refractivity contribution < 1.29 is 9.18 Å². The monoisotopic (exact) mass is 407 g/mol. The lowest BCUT2D eigenvalue weighted by Crippen LogP contribution is -2.33. The average Bonchev–Trinajstić information content (AvgIpc) is 3.21. The number of hydrogen-bond acceptors (Lipinski definition) is 5. The highest BCUT2D eigenvalue weighted by molar-refractivity contribution is 7.99. The first kappa shape index (κ1) is 20.3. The number of hydrogen-bond donors (Lipinski definition) is 1. The van der Waals surface area contributed by atoms with Crippen molar-refractivity contribution in [3.8, 4) is 6.07 Å². The van der Waals surface area contributed by atoms with Gasteiger partial charge in [-0.1, -0.05) is 48.2 Å². The predicted octanol–water partition coefficient (Wildman–Crippen LogP) is 4.15. The van der Waals surface area contributed by atoms with Crippen LogP contribution < -0.4 is 4.90 Å². The topological polar surface area (TPSA) is 85.7 Å². The second kappa shape index (κ2) is 10.2. The molecule has 1 N–H and O–H groups in total. The molecule has 3 rings (SSSR count). The Morgan fingerprint density at radius 3 is 2.66 bits per heavy atom. The third-order valence-electron chi connectivity index (χ3n) is 3.93. The smallest absolute Gasteiger partial charge is 0.237 e. The SMILES string of the molecule is N#CCCN(C(=O)CSc1n[nH]c(C=Cc2ccccc2)n1)c1ccc(F)cc1. The van der Waals surface area contributed by atoms with Crippen LogP contribution in [-0.2, 0) is 4.79 Å². The maximum atomic E-state index is 13.2. The van der Waals surface area contributed by atoms with Gasteiger partial charge in [-0.2, -0.15) is 5.26 Å². The van der Waals surface area contributed by atoms with Gasteiger partial charge >= 0.3 is 0 Å². The molecule has 29 heavy (non-hydrogen) atoms. The van der Waals surface area contributed by atoms with Crippen LogP contribution in [0.5, 0.6) is 0 Å². The van der Waals surface area contributed by atoms with Gasteiger partial charge in [-0.25, -0.2) is 9.37 Å². The highest BCUT2D eigenvalue weighted by Gasteiger charge is 2.17. The summed E-state index contributed by atoms with van der Waals surface area (Å²) in [5.41, 5.74) is 1.59. The summed E-state index contributed by atoms with van der Waals surface area (Å²) in [7, 11) is 0. The standard InChI is InChI=1S/C21H18FN5OS/c22-17-8-10-18(11-9-17)27(14-4-13-23)20(28)15-29-21-24-19(25-26-21)12-7-16-5-2-1-3-6-16/h1-3,5-12H,4,14-15H2,(H,24,25,26). The van der Waals surface area contributed by atoms with Crippen molar-refractivity contribution >= 4 is 35.5 Å². The van der Waals surface area contributed by atoms with Gasteiger partial charge in [0.25, 0.3) is 0 Å². The number of nitriles is 1. The molecule has 1 amide bonds. The van der Waals surface area contributed by atoms with Crippen molar-refractivity contribution in [3.05, 3.63) is 71.8 Å². The van der Waals surface area contributed by atoms with E-state index in [0.717, 1.165) is 5.56 Å². The fraction of sp³-hybridized carbons (Fsp3) is 0.143. The van der Waals surface area contributed by atoms with Gasteiger partial charge in [0.1, 0.15) is 11.6 Å². The Bertz CT molecular complexity index is 1010. The van der Waals surface area contributed by atoms with Gasteiger partial charge in [-0.15, -0.1) is 5.10 Å². The molecule has 8 heteroatoms. The highest BCUT2D eigenvalue weighted by Crippen LogP contribution is 2.19. The number of aromatic nitrogens is 3. The number of nitrogens with one attached hydrogen (secondary N) is 1. The number of carbonyl (C=O) groups is 1. The molecule has 0 aliphatic rings. The number of thioether (sulfide) groups is 1. The number of carbonyl (C=O) groups excluding carboxylic acids is 1. The summed E-state index contributed by atoms with van der Waals surface area (Å²) in [6.07, 6.45) is 3.91. The van der Waals surface area contributed by atoms with Gasteiger partial charge in [0, 0.05) is 12.2 Å².